The topological polar surface area (TPSA) is 73.7 Å². The van der Waals surface area contributed by atoms with Crippen molar-refractivity contribution in [3.63, 3.8) is 0 Å². The van der Waals surface area contributed by atoms with Crippen LogP contribution in [0.4, 0.5) is 0 Å². The normalized spacial score (nSPS) is 17.0. The molecule has 3 rings (SSSR count). The lowest BCUT2D eigenvalue weighted by atomic mass is 9.81. The highest BCUT2D eigenvalue weighted by Crippen LogP contribution is 2.33. The molecule has 132 valence electrons. The standard InChI is InChI=1S/C18H23BN2O4/c1-4-7-24-17-9-13(5-6-16(17)23-3)18-20-12(2)8-15(21-18)14-10-19(22)25-11-14/h5-6,8-9,14,22H,4,7,10-11H2,1-3H3. The lowest BCUT2D eigenvalue weighted by Gasteiger charge is -2.13. The average Bonchev–Trinajstić information content (AvgIpc) is 3.05. The molecule has 1 atom stereocenters. The number of hydrogen-bond acceptors (Lipinski definition) is 6. The van der Waals surface area contributed by atoms with E-state index in [0.717, 1.165) is 23.4 Å². The minimum absolute atomic E-state index is 0.0875. The summed E-state index contributed by atoms with van der Waals surface area (Å²) in [6.07, 6.45) is 1.48. The number of nitrogens with zero attached hydrogens (tertiary/aromatic N) is 2. The van der Waals surface area contributed by atoms with Gasteiger partial charge in [0.25, 0.3) is 0 Å². The van der Waals surface area contributed by atoms with Crippen LogP contribution in [0.1, 0.15) is 30.7 Å². The van der Waals surface area contributed by atoms with E-state index in [9.17, 15) is 5.02 Å². The van der Waals surface area contributed by atoms with E-state index in [4.69, 9.17) is 19.1 Å². The molecular weight excluding hydrogens is 319 g/mol. The lowest BCUT2D eigenvalue weighted by Crippen LogP contribution is -2.08. The van der Waals surface area contributed by atoms with Crippen LogP contribution in [0.15, 0.2) is 24.3 Å². The molecule has 0 saturated carbocycles. The van der Waals surface area contributed by atoms with Crippen molar-refractivity contribution in [2.75, 3.05) is 20.3 Å². The van der Waals surface area contributed by atoms with Gasteiger partial charge in [0.15, 0.2) is 17.3 Å². The van der Waals surface area contributed by atoms with Gasteiger partial charge < -0.3 is 19.2 Å². The Labute approximate surface area is 148 Å². The first-order chi connectivity index (χ1) is 12.1. The van der Waals surface area contributed by atoms with Gasteiger partial charge >= 0.3 is 7.12 Å². The van der Waals surface area contributed by atoms with Crippen molar-refractivity contribution in [2.45, 2.75) is 32.5 Å². The molecule has 1 unspecified atom stereocenters. The molecule has 1 saturated heterocycles. The summed E-state index contributed by atoms with van der Waals surface area (Å²) < 4.78 is 16.4. The molecule has 1 aromatic heterocycles. The van der Waals surface area contributed by atoms with Gasteiger partial charge in [0, 0.05) is 29.5 Å². The average molecular weight is 342 g/mol. The lowest BCUT2D eigenvalue weighted by molar-refractivity contribution is 0.291. The van der Waals surface area contributed by atoms with E-state index in [-0.39, 0.29) is 5.92 Å². The molecule has 1 N–H and O–H groups in total. The summed E-state index contributed by atoms with van der Waals surface area (Å²) in [5, 5.41) is 9.60. The molecule has 7 heteroatoms. The highest BCUT2D eigenvalue weighted by atomic mass is 16.5. The smallest absolute Gasteiger partial charge is 0.454 e. The Morgan fingerprint density at radius 1 is 1.28 bits per heavy atom. The van der Waals surface area contributed by atoms with Gasteiger partial charge in [-0.25, -0.2) is 9.97 Å². The first kappa shape index (κ1) is 17.7. The maximum Gasteiger partial charge on any atom is 0.454 e. The molecule has 1 aliphatic rings. The second-order valence-corrected chi connectivity index (χ2v) is 6.19. The molecule has 1 fully saturated rings. The summed E-state index contributed by atoms with van der Waals surface area (Å²) in [6.45, 7) is 5.10. The Bertz CT molecular complexity index is 741. The first-order valence-electron chi connectivity index (χ1n) is 8.57. The number of methoxy groups -OCH3 is 1. The van der Waals surface area contributed by atoms with Crippen molar-refractivity contribution in [1.29, 1.82) is 0 Å². The van der Waals surface area contributed by atoms with Crippen LogP contribution in [0.3, 0.4) is 0 Å². The molecule has 1 aliphatic heterocycles. The Kier molecular flexibility index (Phi) is 5.55. The zero-order chi connectivity index (χ0) is 17.8. The highest BCUT2D eigenvalue weighted by Gasteiger charge is 2.31. The summed E-state index contributed by atoms with van der Waals surface area (Å²) in [4.78, 5) is 9.26. The molecule has 2 heterocycles. The zero-order valence-corrected chi connectivity index (χ0v) is 14.9. The molecule has 0 spiro atoms. The van der Waals surface area contributed by atoms with Crippen molar-refractivity contribution in [1.82, 2.24) is 9.97 Å². The molecule has 0 bridgehead atoms. The monoisotopic (exact) mass is 342 g/mol. The number of hydrogen-bond donors (Lipinski definition) is 1. The fourth-order valence-electron chi connectivity index (χ4n) is 2.88. The molecule has 2 aromatic rings. The summed E-state index contributed by atoms with van der Waals surface area (Å²) in [6, 6.07) is 7.66. The third kappa shape index (κ3) is 4.11. The number of benzene rings is 1. The van der Waals surface area contributed by atoms with Crippen LogP contribution in [0.2, 0.25) is 6.32 Å². The van der Waals surface area contributed by atoms with Crippen molar-refractivity contribution < 1.29 is 19.2 Å². The molecule has 25 heavy (non-hydrogen) atoms. The van der Waals surface area contributed by atoms with Gasteiger partial charge in [0.2, 0.25) is 0 Å². The summed E-state index contributed by atoms with van der Waals surface area (Å²) in [5.41, 5.74) is 2.65. The van der Waals surface area contributed by atoms with Gasteiger partial charge in [-0.3, -0.25) is 0 Å². The van der Waals surface area contributed by atoms with Gasteiger partial charge in [0.05, 0.1) is 13.7 Å². The van der Waals surface area contributed by atoms with Crippen LogP contribution in [-0.4, -0.2) is 42.4 Å². The fraction of sp³-hybridized carbons (Fsp3) is 0.444. The second-order valence-electron chi connectivity index (χ2n) is 6.19. The summed E-state index contributed by atoms with van der Waals surface area (Å²) in [7, 11) is 0.916. The van der Waals surface area contributed by atoms with E-state index in [2.05, 4.69) is 11.9 Å². The van der Waals surface area contributed by atoms with E-state index < -0.39 is 7.12 Å². The van der Waals surface area contributed by atoms with Crippen LogP contribution in [-0.2, 0) is 4.65 Å². The quantitative estimate of drug-likeness (QED) is 0.814. The number of aromatic nitrogens is 2. The first-order valence-corrected chi connectivity index (χ1v) is 8.57. The molecule has 0 radical (unpaired) electrons. The second kappa shape index (κ2) is 7.84. The van der Waals surface area contributed by atoms with Crippen molar-refractivity contribution >= 4 is 7.12 Å². The zero-order valence-electron chi connectivity index (χ0n) is 14.9. The molecule has 6 nitrogen and oxygen atoms in total. The Hall–Kier alpha value is -2.12. The third-order valence-electron chi connectivity index (χ3n) is 4.15. The van der Waals surface area contributed by atoms with Crippen LogP contribution < -0.4 is 9.47 Å². The van der Waals surface area contributed by atoms with E-state index in [1.807, 2.05) is 31.2 Å². The van der Waals surface area contributed by atoms with Crippen LogP contribution in [0.5, 0.6) is 11.5 Å². The molecule has 1 aromatic carbocycles. The predicted molar refractivity (Wildman–Crippen MR) is 96.0 cm³/mol. The van der Waals surface area contributed by atoms with Gasteiger partial charge in [-0.15, -0.1) is 0 Å². The third-order valence-corrected chi connectivity index (χ3v) is 4.15. The van der Waals surface area contributed by atoms with E-state index in [1.165, 1.54) is 0 Å². The van der Waals surface area contributed by atoms with Gasteiger partial charge in [0.1, 0.15) is 0 Å². The SMILES string of the molecule is CCCOc1cc(-c2nc(C)cc(C3COB(O)C3)n2)ccc1OC. The molecule has 0 amide bonds. The molecular formula is C18H23BN2O4. The van der Waals surface area contributed by atoms with Crippen molar-refractivity contribution in [3.8, 4) is 22.9 Å². The summed E-state index contributed by atoms with van der Waals surface area (Å²) >= 11 is 0. The Morgan fingerprint density at radius 3 is 2.80 bits per heavy atom. The van der Waals surface area contributed by atoms with Crippen LogP contribution >= 0.6 is 0 Å². The van der Waals surface area contributed by atoms with Gasteiger partial charge in [-0.2, -0.15) is 0 Å². The minimum atomic E-state index is -0.709. The largest absolute Gasteiger partial charge is 0.493 e. The maximum atomic E-state index is 9.60. The molecule has 0 aliphatic carbocycles. The van der Waals surface area contributed by atoms with E-state index >= 15 is 0 Å². The highest BCUT2D eigenvalue weighted by molar-refractivity contribution is 6.43. The van der Waals surface area contributed by atoms with Gasteiger partial charge in [-0.05, 0) is 43.9 Å². The number of aryl methyl sites for hydroxylation is 1. The van der Waals surface area contributed by atoms with Crippen molar-refractivity contribution in [2.24, 2.45) is 0 Å². The van der Waals surface area contributed by atoms with Gasteiger partial charge in [-0.1, -0.05) is 6.92 Å². The maximum absolute atomic E-state index is 9.60. The Balaban J connectivity index is 1.94. The van der Waals surface area contributed by atoms with Crippen LogP contribution in [0, 0.1) is 6.92 Å². The minimum Gasteiger partial charge on any atom is -0.493 e. The number of rotatable bonds is 6. The fourth-order valence-corrected chi connectivity index (χ4v) is 2.88. The van der Waals surface area contributed by atoms with Crippen molar-refractivity contribution in [3.05, 3.63) is 35.7 Å². The Morgan fingerprint density at radius 2 is 2.12 bits per heavy atom. The van der Waals surface area contributed by atoms with E-state index in [1.54, 1.807) is 7.11 Å². The summed E-state index contributed by atoms with van der Waals surface area (Å²) in [5.74, 6) is 2.11. The van der Waals surface area contributed by atoms with Crippen LogP contribution in [0.25, 0.3) is 11.4 Å². The predicted octanol–water partition coefficient (Wildman–Crippen LogP) is 2.84. The number of ether oxygens (including phenoxy) is 2. The van der Waals surface area contributed by atoms with E-state index in [0.29, 0.717) is 36.9 Å².